The zero-order valence-corrected chi connectivity index (χ0v) is 12.1. The molecule has 0 saturated heterocycles. The third kappa shape index (κ3) is 4.01. The lowest BCUT2D eigenvalue weighted by Gasteiger charge is -2.12. The number of hydrogen-bond donors (Lipinski definition) is 2. The fourth-order valence-corrected chi connectivity index (χ4v) is 2.86. The predicted octanol–water partition coefficient (Wildman–Crippen LogP) is 2.41. The molecule has 0 bridgehead atoms. The minimum absolute atomic E-state index is 0.173. The summed E-state index contributed by atoms with van der Waals surface area (Å²) in [5.74, 6) is 0.875. The van der Waals surface area contributed by atoms with Crippen molar-refractivity contribution in [1.82, 2.24) is 4.72 Å². The largest absolute Gasteiger partial charge is 0.240 e. The first kappa shape index (κ1) is 14.5. The van der Waals surface area contributed by atoms with Crippen LogP contribution >= 0.6 is 12.6 Å². The molecule has 0 amide bonds. The molecule has 96 valence electrons. The first-order valence-corrected chi connectivity index (χ1v) is 7.71. The first-order chi connectivity index (χ1) is 7.86. The van der Waals surface area contributed by atoms with Crippen molar-refractivity contribution in [3.05, 3.63) is 29.8 Å². The van der Waals surface area contributed by atoms with Crippen LogP contribution in [0.1, 0.15) is 32.3 Å². The maximum Gasteiger partial charge on any atom is 0.240 e. The quantitative estimate of drug-likeness (QED) is 0.809. The molecular weight excluding hydrogens is 254 g/mol. The molecule has 1 atom stereocenters. The number of nitrogens with one attached hydrogen (secondary N) is 1. The van der Waals surface area contributed by atoms with Gasteiger partial charge < -0.3 is 0 Å². The van der Waals surface area contributed by atoms with Crippen LogP contribution in [0, 0.1) is 0 Å². The summed E-state index contributed by atoms with van der Waals surface area (Å²) in [7, 11) is -3.41. The summed E-state index contributed by atoms with van der Waals surface area (Å²) in [6, 6.07) is 6.81. The highest BCUT2D eigenvalue weighted by atomic mass is 32.2. The second-order valence-electron chi connectivity index (χ2n) is 4.43. The molecule has 0 spiro atoms. The van der Waals surface area contributed by atoms with Gasteiger partial charge in [-0.2, -0.15) is 12.6 Å². The molecule has 0 aliphatic carbocycles. The van der Waals surface area contributed by atoms with Crippen molar-refractivity contribution in [2.45, 2.75) is 37.6 Å². The second kappa shape index (κ2) is 5.89. The van der Waals surface area contributed by atoms with E-state index in [-0.39, 0.29) is 6.04 Å². The molecule has 0 heterocycles. The van der Waals surface area contributed by atoms with Gasteiger partial charge in [-0.15, -0.1) is 0 Å². The van der Waals surface area contributed by atoms with Crippen LogP contribution in [-0.2, 0) is 10.0 Å². The Morgan fingerprint density at radius 1 is 1.18 bits per heavy atom. The molecule has 3 nitrogen and oxygen atoms in total. The fourth-order valence-electron chi connectivity index (χ4n) is 1.40. The SMILES string of the molecule is CC(CS)NS(=O)(=O)c1ccc(C(C)C)cc1. The van der Waals surface area contributed by atoms with Crippen LogP contribution in [0.3, 0.4) is 0 Å². The predicted molar refractivity (Wildman–Crippen MR) is 74.2 cm³/mol. The zero-order valence-electron chi connectivity index (χ0n) is 10.3. The smallest absolute Gasteiger partial charge is 0.208 e. The van der Waals surface area contributed by atoms with E-state index in [0.717, 1.165) is 5.56 Å². The Hall–Kier alpha value is -0.520. The van der Waals surface area contributed by atoms with Crippen LogP contribution in [0.2, 0.25) is 0 Å². The van der Waals surface area contributed by atoms with Crippen LogP contribution in [0.5, 0.6) is 0 Å². The Balaban J connectivity index is 2.92. The highest BCUT2D eigenvalue weighted by molar-refractivity contribution is 7.89. The molecule has 1 unspecified atom stereocenters. The standard InChI is InChI=1S/C12H19NO2S2/c1-9(2)11-4-6-12(7-5-11)17(14,15)13-10(3)8-16/h4-7,9-10,13,16H,8H2,1-3H3. The maximum atomic E-state index is 11.9. The number of rotatable bonds is 5. The van der Waals surface area contributed by atoms with Gasteiger partial charge in [-0.3, -0.25) is 0 Å². The Morgan fingerprint density at radius 2 is 1.71 bits per heavy atom. The zero-order chi connectivity index (χ0) is 13.1. The van der Waals surface area contributed by atoms with Gasteiger partial charge in [-0.05, 0) is 30.5 Å². The van der Waals surface area contributed by atoms with E-state index in [2.05, 4.69) is 31.2 Å². The van der Waals surface area contributed by atoms with E-state index >= 15 is 0 Å². The Labute approximate surface area is 109 Å². The average molecular weight is 273 g/mol. The molecule has 1 aromatic carbocycles. The van der Waals surface area contributed by atoms with Crippen molar-refractivity contribution in [1.29, 1.82) is 0 Å². The fraction of sp³-hybridized carbons (Fsp3) is 0.500. The van der Waals surface area contributed by atoms with Gasteiger partial charge in [0.25, 0.3) is 0 Å². The lowest BCUT2D eigenvalue weighted by molar-refractivity contribution is 0.571. The van der Waals surface area contributed by atoms with E-state index < -0.39 is 10.0 Å². The minimum atomic E-state index is -3.41. The Morgan fingerprint density at radius 3 is 2.12 bits per heavy atom. The van der Waals surface area contributed by atoms with Gasteiger partial charge in [-0.1, -0.05) is 26.0 Å². The highest BCUT2D eigenvalue weighted by Crippen LogP contribution is 2.17. The van der Waals surface area contributed by atoms with Crippen molar-refractivity contribution < 1.29 is 8.42 Å². The number of thiol groups is 1. The molecule has 17 heavy (non-hydrogen) atoms. The third-order valence-electron chi connectivity index (χ3n) is 2.49. The molecule has 1 rings (SSSR count). The van der Waals surface area contributed by atoms with Crippen molar-refractivity contribution in [3.63, 3.8) is 0 Å². The van der Waals surface area contributed by atoms with E-state index in [1.165, 1.54) is 0 Å². The maximum absolute atomic E-state index is 11.9. The first-order valence-electron chi connectivity index (χ1n) is 5.60. The van der Waals surface area contributed by atoms with Crippen LogP contribution < -0.4 is 4.72 Å². The van der Waals surface area contributed by atoms with E-state index in [1.54, 1.807) is 19.1 Å². The lowest BCUT2D eigenvalue weighted by Crippen LogP contribution is -2.33. The molecule has 0 aliphatic rings. The van der Waals surface area contributed by atoms with Crippen molar-refractivity contribution >= 4 is 22.7 Å². The minimum Gasteiger partial charge on any atom is -0.208 e. The van der Waals surface area contributed by atoms with E-state index in [1.807, 2.05) is 12.1 Å². The van der Waals surface area contributed by atoms with E-state index in [0.29, 0.717) is 16.6 Å². The van der Waals surface area contributed by atoms with Gasteiger partial charge in [0.05, 0.1) is 4.90 Å². The van der Waals surface area contributed by atoms with Crippen LogP contribution in [0.15, 0.2) is 29.2 Å². The summed E-state index contributed by atoms with van der Waals surface area (Å²) in [5, 5.41) is 0. The molecule has 0 aliphatic heterocycles. The van der Waals surface area contributed by atoms with Crippen molar-refractivity contribution in [3.8, 4) is 0 Å². The van der Waals surface area contributed by atoms with E-state index in [4.69, 9.17) is 0 Å². The molecule has 1 aromatic rings. The molecule has 1 N–H and O–H groups in total. The average Bonchev–Trinajstić information content (AvgIpc) is 2.28. The normalized spacial score (nSPS) is 13.9. The highest BCUT2D eigenvalue weighted by Gasteiger charge is 2.16. The van der Waals surface area contributed by atoms with Gasteiger partial charge in [0.1, 0.15) is 0 Å². The summed E-state index contributed by atoms with van der Waals surface area (Å²) in [6.45, 7) is 5.93. The third-order valence-corrected chi connectivity index (χ3v) is 4.64. The van der Waals surface area contributed by atoms with Crippen molar-refractivity contribution in [2.75, 3.05) is 5.75 Å². The summed E-state index contributed by atoms with van der Waals surface area (Å²) >= 11 is 4.06. The Kier molecular flexibility index (Phi) is 5.04. The second-order valence-corrected chi connectivity index (χ2v) is 6.51. The lowest BCUT2D eigenvalue weighted by atomic mass is 10.0. The monoisotopic (exact) mass is 273 g/mol. The summed E-state index contributed by atoms with van der Waals surface area (Å²) in [6.07, 6.45) is 0. The molecular formula is C12H19NO2S2. The number of sulfonamides is 1. The number of benzene rings is 1. The topological polar surface area (TPSA) is 46.2 Å². The van der Waals surface area contributed by atoms with Crippen LogP contribution in [0.25, 0.3) is 0 Å². The van der Waals surface area contributed by atoms with Gasteiger partial charge in [0.2, 0.25) is 10.0 Å². The molecule has 0 radical (unpaired) electrons. The molecule has 0 saturated carbocycles. The van der Waals surface area contributed by atoms with Crippen LogP contribution in [0.4, 0.5) is 0 Å². The molecule has 5 heteroatoms. The van der Waals surface area contributed by atoms with Gasteiger partial charge in [0.15, 0.2) is 0 Å². The summed E-state index contributed by atoms with van der Waals surface area (Å²) in [5.41, 5.74) is 1.13. The van der Waals surface area contributed by atoms with Gasteiger partial charge >= 0.3 is 0 Å². The van der Waals surface area contributed by atoms with Gasteiger partial charge in [-0.25, -0.2) is 13.1 Å². The van der Waals surface area contributed by atoms with Crippen LogP contribution in [-0.4, -0.2) is 20.2 Å². The van der Waals surface area contributed by atoms with Gasteiger partial charge in [0, 0.05) is 11.8 Å². The summed E-state index contributed by atoms with van der Waals surface area (Å²) in [4.78, 5) is 0.301. The van der Waals surface area contributed by atoms with Crippen molar-refractivity contribution in [2.24, 2.45) is 0 Å². The van der Waals surface area contributed by atoms with E-state index in [9.17, 15) is 8.42 Å². The Bertz CT molecular complexity index is 452. The number of hydrogen-bond acceptors (Lipinski definition) is 3. The molecule has 0 fully saturated rings. The molecule has 0 aromatic heterocycles. The summed E-state index contributed by atoms with van der Waals surface area (Å²) < 4.78 is 26.4.